The summed E-state index contributed by atoms with van der Waals surface area (Å²) < 4.78 is 0. The third kappa shape index (κ3) is 3.69. The highest BCUT2D eigenvalue weighted by molar-refractivity contribution is 6.05. The number of amides is 3. The lowest BCUT2D eigenvalue weighted by Crippen LogP contribution is -2.25. The van der Waals surface area contributed by atoms with Crippen LogP contribution in [0.3, 0.4) is 0 Å². The second-order valence-electron chi connectivity index (χ2n) is 7.04. The van der Waals surface area contributed by atoms with Crippen molar-refractivity contribution >= 4 is 29.1 Å². The second kappa shape index (κ2) is 6.87. The average molecular weight is 363 g/mol. The van der Waals surface area contributed by atoms with Crippen LogP contribution in [0.25, 0.3) is 0 Å². The molecule has 0 atom stereocenters. The first-order chi connectivity index (χ1) is 13.0. The van der Waals surface area contributed by atoms with Gasteiger partial charge in [0.15, 0.2) is 0 Å². The van der Waals surface area contributed by atoms with E-state index in [1.54, 1.807) is 42.2 Å². The minimum atomic E-state index is -0.214. The average Bonchev–Trinajstić information content (AvgIpc) is 3.36. The van der Waals surface area contributed by atoms with Gasteiger partial charge in [0.25, 0.3) is 11.8 Å². The number of rotatable bonds is 4. The van der Waals surface area contributed by atoms with Gasteiger partial charge in [-0.3, -0.25) is 14.4 Å². The van der Waals surface area contributed by atoms with Crippen LogP contribution in [0.15, 0.2) is 42.5 Å². The van der Waals surface area contributed by atoms with Crippen LogP contribution in [0, 0.1) is 0 Å². The SMILES string of the molecule is CC(=O)N1CCc2cc(C(=O)Nc3ccc(C(=O)NC4CC4)cc3)ccc21. The lowest BCUT2D eigenvalue weighted by Gasteiger charge is -2.14. The summed E-state index contributed by atoms with van der Waals surface area (Å²) >= 11 is 0. The molecule has 138 valence electrons. The number of carbonyl (C=O) groups is 3. The quantitative estimate of drug-likeness (QED) is 0.877. The van der Waals surface area contributed by atoms with Gasteiger partial charge in [-0.1, -0.05) is 0 Å². The van der Waals surface area contributed by atoms with E-state index < -0.39 is 0 Å². The summed E-state index contributed by atoms with van der Waals surface area (Å²) in [7, 11) is 0. The normalized spacial score (nSPS) is 15.2. The van der Waals surface area contributed by atoms with Gasteiger partial charge in [-0.25, -0.2) is 0 Å². The Balaban J connectivity index is 1.43. The molecule has 1 aliphatic carbocycles. The van der Waals surface area contributed by atoms with E-state index in [0.717, 1.165) is 30.5 Å². The Hall–Kier alpha value is -3.15. The summed E-state index contributed by atoms with van der Waals surface area (Å²) in [6.07, 6.45) is 2.84. The van der Waals surface area contributed by atoms with Crippen molar-refractivity contribution in [3.05, 3.63) is 59.2 Å². The highest BCUT2D eigenvalue weighted by atomic mass is 16.2. The van der Waals surface area contributed by atoms with Crippen molar-refractivity contribution < 1.29 is 14.4 Å². The van der Waals surface area contributed by atoms with Gasteiger partial charge in [-0.05, 0) is 67.3 Å². The van der Waals surface area contributed by atoms with Crippen molar-refractivity contribution in [3.8, 4) is 0 Å². The van der Waals surface area contributed by atoms with Crippen LogP contribution >= 0.6 is 0 Å². The first kappa shape index (κ1) is 17.3. The molecule has 2 N–H and O–H groups in total. The Morgan fingerprint density at radius 1 is 0.963 bits per heavy atom. The molecular formula is C21H21N3O3. The number of hydrogen-bond donors (Lipinski definition) is 2. The first-order valence-electron chi connectivity index (χ1n) is 9.14. The van der Waals surface area contributed by atoms with Gasteiger partial charge in [0.2, 0.25) is 5.91 Å². The summed E-state index contributed by atoms with van der Waals surface area (Å²) in [5.74, 6) is -0.282. The van der Waals surface area contributed by atoms with Crippen molar-refractivity contribution in [1.29, 1.82) is 0 Å². The lowest BCUT2D eigenvalue weighted by atomic mass is 10.1. The molecule has 1 aliphatic heterocycles. The van der Waals surface area contributed by atoms with Crippen LogP contribution in [0.2, 0.25) is 0 Å². The fraction of sp³-hybridized carbons (Fsp3) is 0.286. The largest absolute Gasteiger partial charge is 0.349 e. The van der Waals surface area contributed by atoms with E-state index in [4.69, 9.17) is 0 Å². The highest BCUT2D eigenvalue weighted by Crippen LogP contribution is 2.29. The molecule has 0 radical (unpaired) electrons. The molecule has 0 unspecified atom stereocenters. The maximum Gasteiger partial charge on any atom is 0.255 e. The van der Waals surface area contributed by atoms with Crippen LogP contribution in [0.5, 0.6) is 0 Å². The Morgan fingerprint density at radius 2 is 1.67 bits per heavy atom. The van der Waals surface area contributed by atoms with Crippen LogP contribution in [-0.4, -0.2) is 30.3 Å². The second-order valence-corrected chi connectivity index (χ2v) is 7.04. The van der Waals surface area contributed by atoms with Crippen molar-refractivity contribution in [2.75, 3.05) is 16.8 Å². The predicted molar refractivity (Wildman–Crippen MR) is 103 cm³/mol. The Morgan fingerprint density at radius 3 is 2.33 bits per heavy atom. The molecule has 27 heavy (non-hydrogen) atoms. The van der Waals surface area contributed by atoms with Gasteiger partial charge in [0, 0.05) is 42.0 Å². The summed E-state index contributed by atoms with van der Waals surface area (Å²) in [5.41, 5.74) is 3.65. The van der Waals surface area contributed by atoms with E-state index in [0.29, 0.717) is 29.4 Å². The van der Waals surface area contributed by atoms with Gasteiger partial charge in [0.1, 0.15) is 0 Å². The smallest absolute Gasteiger partial charge is 0.255 e. The Labute approximate surface area is 157 Å². The maximum absolute atomic E-state index is 12.5. The Bertz CT molecular complexity index is 917. The molecule has 4 rings (SSSR count). The number of hydrogen-bond acceptors (Lipinski definition) is 3. The molecule has 1 fully saturated rings. The molecular weight excluding hydrogens is 342 g/mol. The van der Waals surface area contributed by atoms with Crippen molar-refractivity contribution in [3.63, 3.8) is 0 Å². The number of benzene rings is 2. The summed E-state index contributed by atoms with van der Waals surface area (Å²) in [5, 5.41) is 5.79. The number of anilines is 2. The van der Waals surface area contributed by atoms with Gasteiger partial charge < -0.3 is 15.5 Å². The third-order valence-corrected chi connectivity index (χ3v) is 4.93. The number of nitrogens with zero attached hydrogens (tertiary/aromatic N) is 1. The lowest BCUT2D eigenvalue weighted by molar-refractivity contribution is -0.116. The van der Waals surface area contributed by atoms with Gasteiger partial charge in [-0.15, -0.1) is 0 Å². The van der Waals surface area contributed by atoms with Crippen LogP contribution in [-0.2, 0) is 11.2 Å². The van der Waals surface area contributed by atoms with E-state index in [9.17, 15) is 14.4 Å². The summed E-state index contributed by atoms with van der Waals surface area (Å²) in [4.78, 5) is 37.9. The van der Waals surface area contributed by atoms with Crippen molar-refractivity contribution in [2.24, 2.45) is 0 Å². The van der Waals surface area contributed by atoms with Crippen molar-refractivity contribution in [1.82, 2.24) is 5.32 Å². The van der Waals surface area contributed by atoms with Crippen molar-refractivity contribution in [2.45, 2.75) is 32.2 Å². The van der Waals surface area contributed by atoms with Gasteiger partial charge in [-0.2, -0.15) is 0 Å². The molecule has 1 heterocycles. The fourth-order valence-electron chi connectivity index (χ4n) is 3.27. The molecule has 2 aromatic carbocycles. The standard InChI is InChI=1S/C21H21N3O3/c1-13(25)24-11-10-15-12-16(4-9-19(15)24)21(27)23-17-5-2-14(3-6-17)20(26)22-18-7-8-18/h2-6,9,12,18H,7-8,10-11H2,1H3,(H,22,26)(H,23,27). The van der Waals surface area contributed by atoms with Crippen LogP contribution in [0.4, 0.5) is 11.4 Å². The number of fused-ring (bicyclic) bond motifs is 1. The van der Waals surface area contributed by atoms with Gasteiger partial charge in [0.05, 0.1) is 0 Å². The Kier molecular flexibility index (Phi) is 4.39. The molecule has 0 spiro atoms. The molecule has 2 aromatic rings. The third-order valence-electron chi connectivity index (χ3n) is 4.93. The van der Waals surface area contributed by atoms with E-state index >= 15 is 0 Å². The summed E-state index contributed by atoms with van der Waals surface area (Å²) in [6.45, 7) is 2.20. The molecule has 0 saturated heterocycles. The molecule has 6 nitrogen and oxygen atoms in total. The zero-order valence-corrected chi connectivity index (χ0v) is 15.1. The number of carbonyl (C=O) groups excluding carboxylic acids is 3. The van der Waals surface area contributed by atoms with Crippen LogP contribution in [0.1, 0.15) is 46.0 Å². The molecule has 0 aromatic heterocycles. The molecule has 2 aliphatic rings. The number of nitrogens with one attached hydrogen (secondary N) is 2. The summed E-state index contributed by atoms with van der Waals surface area (Å²) in [6, 6.07) is 12.6. The minimum absolute atomic E-state index is 0.0109. The zero-order chi connectivity index (χ0) is 19.0. The maximum atomic E-state index is 12.5. The highest BCUT2D eigenvalue weighted by Gasteiger charge is 2.24. The van der Waals surface area contributed by atoms with Crippen LogP contribution < -0.4 is 15.5 Å². The van der Waals surface area contributed by atoms with E-state index in [-0.39, 0.29) is 17.7 Å². The van der Waals surface area contributed by atoms with E-state index in [2.05, 4.69) is 10.6 Å². The molecule has 3 amide bonds. The van der Waals surface area contributed by atoms with E-state index in [1.807, 2.05) is 12.1 Å². The minimum Gasteiger partial charge on any atom is -0.349 e. The fourth-order valence-corrected chi connectivity index (χ4v) is 3.27. The van der Waals surface area contributed by atoms with E-state index in [1.165, 1.54) is 0 Å². The topological polar surface area (TPSA) is 78.5 Å². The predicted octanol–water partition coefficient (Wildman–Crippen LogP) is 2.74. The molecule has 0 bridgehead atoms. The monoisotopic (exact) mass is 363 g/mol. The molecule has 6 heteroatoms. The molecule has 1 saturated carbocycles. The zero-order valence-electron chi connectivity index (χ0n) is 15.1. The van der Waals surface area contributed by atoms with Gasteiger partial charge >= 0.3 is 0 Å². The first-order valence-corrected chi connectivity index (χ1v) is 9.14.